The van der Waals surface area contributed by atoms with Crippen molar-refractivity contribution >= 4 is 0 Å². The van der Waals surface area contributed by atoms with Gasteiger partial charge in [0.25, 0.3) is 0 Å². The van der Waals surface area contributed by atoms with Gasteiger partial charge in [-0.15, -0.1) is 0 Å². The van der Waals surface area contributed by atoms with Crippen LogP contribution >= 0.6 is 0 Å². The second kappa shape index (κ2) is 5.10. The normalized spacial score (nSPS) is 8.14. The predicted molar refractivity (Wildman–Crippen MR) is 31.4 cm³/mol. The molecule has 0 aliphatic heterocycles. The predicted octanol–water partition coefficient (Wildman–Crippen LogP) is 0.872. The van der Waals surface area contributed by atoms with Crippen molar-refractivity contribution in [3.05, 3.63) is 12.2 Å². The van der Waals surface area contributed by atoms with Gasteiger partial charge in [0.05, 0.1) is 0 Å². The molecular weight excluding hydrogens is 86.1 g/mol. The Bertz CT molecular complexity index is 103. The fraction of sp³-hybridized carbons (Fsp3) is 0.333. The lowest BCUT2D eigenvalue weighted by molar-refractivity contribution is 1.23. The van der Waals surface area contributed by atoms with Crippen molar-refractivity contribution in [3.63, 3.8) is 0 Å². The molecule has 0 aliphatic carbocycles. The van der Waals surface area contributed by atoms with Gasteiger partial charge in [-0.1, -0.05) is 18.9 Å². The summed E-state index contributed by atoms with van der Waals surface area (Å²) >= 11 is 0. The third kappa shape index (κ3) is 5.10. The average Bonchev–Trinajstić information content (AvgIpc) is 1.69. The first-order valence-electron chi connectivity index (χ1n) is 2.28. The minimum atomic E-state index is 1.02. The molecule has 7 heavy (non-hydrogen) atoms. The fourth-order valence-corrected chi connectivity index (χ4v) is 0.225. The van der Waals surface area contributed by atoms with E-state index in [1.165, 1.54) is 0 Å². The minimum Gasteiger partial charge on any atom is -0.359 e. The Morgan fingerprint density at radius 2 is 2.43 bits per heavy atom. The Morgan fingerprint density at radius 1 is 1.71 bits per heavy atom. The van der Waals surface area contributed by atoms with Crippen LogP contribution in [0.2, 0.25) is 0 Å². The first kappa shape index (κ1) is 6.10. The van der Waals surface area contributed by atoms with Crippen LogP contribution in [0.1, 0.15) is 13.3 Å². The highest BCUT2D eigenvalue weighted by Crippen LogP contribution is 1.74. The van der Waals surface area contributed by atoms with Gasteiger partial charge >= 0.3 is 0 Å². The van der Waals surface area contributed by atoms with E-state index in [1.807, 2.05) is 6.08 Å². The zero-order valence-corrected chi connectivity index (χ0v) is 4.44. The summed E-state index contributed by atoms with van der Waals surface area (Å²) in [6.07, 6.45) is 4.73. The van der Waals surface area contributed by atoms with Crippen LogP contribution in [0, 0.1) is 12.0 Å². The van der Waals surface area contributed by atoms with E-state index < -0.39 is 0 Å². The first-order valence-corrected chi connectivity index (χ1v) is 2.28. The van der Waals surface area contributed by atoms with Crippen LogP contribution in [0.4, 0.5) is 0 Å². The molecule has 1 nitrogen and oxygen atoms in total. The van der Waals surface area contributed by atoms with E-state index in [1.54, 1.807) is 6.08 Å². The van der Waals surface area contributed by atoms with Gasteiger partial charge in [-0.3, -0.25) is 0 Å². The summed E-state index contributed by atoms with van der Waals surface area (Å²) in [6, 6.07) is 2.27. The summed E-state index contributed by atoms with van der Waals surface area (Å²) in [5, 5.41) is 0. The van der Waals surface area contributed by atoms with Gasteiger partial charge < -0.3 is 5.73 Å². The molecule has 0 aromatic rings. The minimum absolute atomic E-state index is 1.02. The van der Waals surface area contributed by atoms with E-state index in [0.29, 0.717) is 0 Å². The van der Waals surface area contributed by atoms with E-state index in [4.69, 9.17) is 5.73 Å². The standard InChI is InChI=1S/C6H9N/c1-2-3-4-5-6-7/h3-4H,2,7H2,1H3. The van der Waals surface area contributed by atoms with Crippen molar-refractivity contribution in [2.45, 2.75) is 13.3 Å². The highest BCUT2D eigenvalue weighted by molar-refractivity contribution is 5.12. The SMILES string of the molecule is CCC=CC#CN. The highest BCUT2D eigenvalue weighted by atomic mass is 14.4. The van der Waals surface area contributed by atoms with Crippen molar-refractivity contribution in [1.29, 1.82) is 0 Å². The molecule has 0 amide bonds. The van der Waals surface area contributed by atoms with Gasteiger partial charge in [-0.05, 0) is 12.5 Å². The summed E-state index contributed by atoms with van der Waals surface area (Å²) < 4.78 is 0. The van der Waals surface area contributed by atoms with E-state index in [9.17, 15) is 0 Å². The molecule has 1 heteroatoms. The Morgan fingerprint density at radius 3 is 2.86 bits per heavy atom. The summed E-state index contributed by atoms with van der Waals surface area (Å²) in [7, 11) is 0. The van der Waals surface area contributed by atoms with Crippen molar-refractivity contribution in [3.8, 4) is 12.0 Å². The summed E-state index contributed by atoms with van der Waals surface area (Å²) in [5.41, 5.74) is 4.86. The molecule has 0 saturated carbocycles. The van der Waals surface area contributed by atoms with Gasteiger partial charge in [-0.25, -0.2) is 0 Å². The Kier molecular flexibility index (Phi) is 4.44. The van der Waals surface area contributed by atoms with Crippen molar-refractivity contribution in [1.82, 2.24) is 0 Å². The summed E-state index contributed by atoms with van der Waals surface area (Å²) in [4.78, 5) is 0. The van der Waals surface area contributed by atoms with Crippen LogP contribution in [0.5, 0.6) is 0 Å². The van der Waals surface area contributed by atoms with Crippen LogP contribution in [-0.4, -0.2) is 0 Å². The molecule has 0 atom stereocenters. The number of allylic oxidation sites excluding steroid dienone is 2. The Labute approximate surface area is 44.2 Å². The van der Waals surface area contributed by atoms with Crippen LogP contribution in [0.25, 0.3) is 0 Å². The summed E-state index contributed by atoms with van der Waals surface area (Å²) in [6.45, 7) is 2.05. The Balaban J connectivity index is 3.21. The molecule has 2 N–H and O–H groups in total. The maximum atomic E-state index is 4.86. The second-order valence-corrected chi connectivity index (χ2v) is 1.10. The smallest absolute Gasteiger partial charge is 0.00635 e. The zero-order chi connectivity index (χ0) is 5.54. The third-order valence-corrected chi connectivity index (χ3v) is 0.520. The first-order chi connectivity index (χ1) is 3.41. The number of rotatable bonds is 1. The maximum absolute atomic E-state index is 4.86. The van der Waals surface area contributed by atoms with Crippen molar-refractivity contribution in [2.24, 2.45) is 5.73 Å². The lowest BCUT2D eigenvalue weighted by atomic mass is 10.4. The molecule has 0 fully saturated rings. The molecule has 0 aliphatic rings. The summed E-state index contributed by atoms with van der Waals surface area (Å²) in [5.74, 6) is 2.60. The molecule has 0 saturated heterocycles. The molecule has 0 aromatic carbocycles. The maximum Gasteiger partial charge on any atom is 0.00635 e. The average molecular weight is 95.1 g/mol. The van der Waals surface area contributed by atoms with Crippen LogP contribution < -0.4 is 5.73 Å². The molecule has 0 radical (unpaired) electrons. The van der Waals surface area contributed by atoms with Crippen molar-refractivity contribution in [2.75, 3.05) is 0 Å². The van der Waals surface area contributed by atoms with Crippen LogP contribution in [0.15, 0.2) is 12.2 Å². The molecule has 0 unspecified atom stereocenters. The van der Waals surface area contributed by atoms with Crippen molar-refractivity contribution < 1.29 is 0 Å². The zero-order valence-electron chi connectivity index (χ0n) is 4.44. The number of hydrogen-bond donors (Lipinski definition) is 1. The molecule has 0 spiro atoms. The van der Waals surface area contributed by atoms with E-state index in [-0.39, 0.29) is 0 Å². The van der Waals surface area contributed by atoms with Crippen LogP contribution in [-0.2, 0) is 0 Å². The molecule has 0 bridgehead atoms. The lowest BCUT2D eigenvalue weighted by Gasteiger charge is -1.66. The van der Waals surface area contributed by atoms with E-state index in [0.717, 1.165) is 6.42 Å². The van der Waals surface area contributed by atoms with Gasteiger partial charge in [0.2, 0.25) is 0 Å². The van der Waals surface area contributed by atoms with Gasteiger partial charge in [0.15, 0.2) is 0 Å². The fourth-order valence-electron chi connectivity index (χ4n) is 0.225. The molecule has 0 aromatic heterocycles. The van der Waals surface area contributed by atoms with Crippen LogP contribution in [0.3, 0.4) is 0 Å². The third-order valence-electron chi connectivity index (χ3n) is 0.520. The van der Waals surface area contributed by atoms with E-state index in [2.05, 4.69) is 18.9 Å². The number of hydrogen-bond acceptors (Lipinski definition) is 1. The quantitative estimate of drug-likeness (QED) is 0.379. The second-order valence-electron chi connectivity index (χ2n) is 1.10. The Hall–Kier alpha value is -0.900. The number of nitrogens with two attached hydrogens (primary N) is 1. The van der Waals surface area contributed by atoms with Gasteiger partial charge in [-0.2, -0.15) is 0 Å². The topological polar surface area (TPSA) is 26.0 Å². The monoisotopic (exact) mass is 95.1 g/mol. The van der Waals surface area contributed by atoms with Gasteiger partial charge in [0.1, 0.15) is 0 Å². The molecule has 38 valence electrons. The molecule has 0 heterocycles. The largest absolute Gasteiger partial charge is 0.359 e. The van der Waals surface area contributed by atoms with E-state index >= 15 is 0 Å². The lowest BCUT2D eigenvalue weighted by Crippen LogP contribution is -1.73. The molecule has 0 rings (SSSR count). The highest BCUT2D eigenvalue weighted by Gasteiger charge is 1.57. The van der Waals surface area contributed by atoms with Gasteiger partial charge in [0, 0.05) is 6.04 Å². The molecular formula is C6H9N.